The summed E-state index contributed by atoms with van der Waals surface area (Å²) in [6.45, 7) is 3.36. The maximum atomic E-state index is 13.0. The Balaban J connectivity index is 2.23. The molecule has 1 atom stereocenters. The fourth-order valence-electron chi connectivity index (χ4n) is 3.08. The molecule has 28 heavy (non-hydrogen) atoms. The Hall–Kier alpha value is -2.66. The first kappa shape index (κ1) is 21.6. The minimum absolute atomic E-state index is 0.0307. The minimum Gasteiger partial charge on any atom is -0.385 e. The zero-order valence-corrected chi connectivity index (χ0v) is 16.8. The molecule has 0 aliphatic carbocycles. The van der Waals surface area contributed by atoms with E-state index in [4.69, 9.17) is 4.74 Å². The van der Waals surface area contributed by atoms with Gasteiger partial charge in [-0.15, -0.1) is 0 Å². The maximum absolute atomic E-state index is 13.0. The van der Waals surface area contributed by atoms with Crippen LogP contribution in [0.1, 0.15) is 30.9 Å². The molecule has 2 aromatic rings. The second-order valence-corrected chi connectivity index (χ2v) is 6.70. The van der Waals surface area contributed by atoms with Crippen molar-refractivity contribution < 1.29 is 14.3 Å². The Morgan fingerprint density at radius 2 is 1.61 bits per heavy atom. The number of hydrogen-bond acceptors (Lipinski definition) is 3. The van der Waals surface area contributed by atoms with Crippen LogP contribution in [0.2, 0.25) is 0 Å². The van der Waals surface area contributed by atoms with Gasteiger partial charge in [0.05, 0.1) is 0 Å². The van der Waals surface area contributed by atoms with Gasteiger partial charge in [0, 0.05) is 39.6 Å². The van der Waals surface area contributed by atoms with E-state index in [0.717, 1.165) is 17.5 Å². The van der Waals surface area contributed by atoms with Gasteiger partial charge in [0.2, 0.25) is 11.8 Å². The van der Waals surface area contributed by atoms with Crippen LogP contribution in [-0.4, -0.2) is 43.0 Å². The molecule has 5 nitrogen and oxygen atoms in total. The first-order valence-corrected chi connectivity index (χ1v) is 9.79. The van der Waals surface area contributed by atoms with E-state index in [2.05, 4.69) is 5.32 Å². The van der Waals surface area contributed by atoms with E-state index < -0.39 is 6.04 Å². The molecule has 0 fully saturated rings. The van der Waals surface area contributed by atoms with E-state index >= 15 is 0 Å². The number of hydrogen-bond donors (Lipinski definition) is 1. The summed E-state index contributed by atoms with van der Waals surface area (Å²) in [4.78, 5) is 27.5. The third-order valence-corrected chi connectivity index (χ3v) is 4.59. The van der Waals surface area contributed by atoms with E-state index in [1.165, 1.54) is 0 Å². The number of ether oxygens (including phenoxy) is 1. The standard InChI is InChI=1S/C23H30N2O3/c1-3-22(26)25(18-20-13-8-5-9-14-20)21(17-19-11-6-4-7-12-19)23(27)24-15-10-16-28-2/h4-9,11-14,21H,3,10,15-18H2,1-2H3,(H,24,27). The summed E-state index contributed by atoms with van der Waals surface area (Å²) in [5, 5.41) is 2.97. The second kappa shape index (κ2) is 11.9. The Morgan fingerprint density at radius 3 is 2.18 bits per heavy atom. The monoisotopic (exact) mass is 382 g/mol. The molecule has 150 valence electrons. The molecule has 0 aromatic heterocycles. The van der Waals surface area contributed by atoms with Gasteiger partial charge in [0.25, 0.3) is 0 Å². The molecule has 0 aliphatic heterocycles. The van der Waals surface area contributed by atoms with E-state index in [0.29, 0.717) is 32.5 Å². The first-order valence-electron chi connectivity index (χ1n) is 9.79. The largest absolute Gasteiger partial charge is 0.385 e. The number of methoxy groups -OCH3 is 1. The zero-order chi connectivity index (χ0) is 20.2. The summed E-state index contributed by atoms with van der Waals surface area (Å²) in [6, 6.07) is 19.1. The molecule has 2 aromatic carbocycles. The van der Waals surface area contributed by atoms with Crippen LogP contribution in [0.3, 0.4) is 0 Å². The van der Waals surface area contributed by atoms with E-state index in [-0.39, 0.29) is 11.8 Å². The fourth-order valence-corrected chi connectivity index (χ4v) is 3.08. The van der Waals surface area contributed by atoms with Crippen molar-refractivity contribution in [2.24, 2.45) is 0 Å². The highest BCUT2D eigenvalue weighted by Gasteiger charge is 2.29. The van der Waals surface area contributed by atoms with Gasteiger partial charge in [-0.05, 0) is 17.5 Å². The van der Waals surface area contributed by atoms with Crippen molar-refractivity contribution in [2.75, 3.05) is 20.3 Å². The average molecular weight is 383 g/mol. The van der Waals surface area contributed by atoms with Crippen molar-refractivity contribution in [1.29, 1.82) is 0 Å². The Labute approximate surface area is 167 Å². The number of nitrogens with one attached hydrogen (secondary N) is 1. The predicted octanol–water partition coefficient (Wildman–Crippen LogP) is 3.19. The van der Waals surface area contributed by atoms with Crippen LogP contribution in [0, 0.1) is 0 Å². The molecule has 0 bridgehead atoms. The molecule has 2 amide bonds. The van der Waals surface area contributed by atoms with Crippen LogP contribution in [0.25, 0.3) is 0 Å². The van der Waals surface area contributed by atoms with Crippen LogP contribution in [-0.2, 0) is 27.3 Å². The number of nitrogens with zero attached hydrogens (tertiary/aromatic N) is 1. The number of amides is 2. The summed E-state index contributed by atoms with van der Waals surface area (Å²) in [7, 11) is 1.64. The molecular weight excluding hydrogens is 352 g/mol. The molecular formula is C23H30N2O3. The lowest BCUT2D eigenvalue weighted by atomic mass is 10.0. The number of benzene rings is 2. The summed E-state index contributed by atoms with van der Waals surface area (Å²) in [5.41, 5.74) is 2.04. The predicted molar refractivity (Wildman–Crippen MR) is 111 cm³/mol. The summed E-state index contributed by atoms with van der Waals surface area (Å²) < 4.78 is 5.05. The summed E-state index contributed by atoms with van der Waals surface area (Å²) >= 11 is 0. The van der Waals surface area contributed by atoms with Gasteiger partial charge in [0.1, 0.15) is 6.04 Å². The van der Waals surface area contributed by atoms with Crippen LogP contribution in [0.4, 0.5) is 0 Å². The Kier molecular flexibility index (Phi) is 9.22. The maximum Gasteiger partial charge on any atom is 0.243 e. The highest BCUT2D eigenvalue weighted by Crippen LogP contribution is 2.15. The normalized spacial score (nSPS) is 11.6. The highest BCUT2D eigenvalue weighted by atomic mass is 16.5. The Morgan fingerprint density at radius 1 is 1.00 bits per heavy atom. The van der Waals surface area contributed by atoms with Crippen LogP contribution < -0.4 is 5.32 Å². The smallest absolute Gasteiger partial charge is 0.243 e. The van der Waals surface area contributed by atoms with Crippen LogP contribution >= 0.6 is 0 Å². The third kappa shape index (κ3) is 6.82. The second-order valence-electron chi connectivity index (χ2n) is 6.70. The number of carbonyl (C=O) groups is 2. The minimum atomic E-state index is -0.558. The van der Waals surface area contributed by atoms with Crippen molar-refractivity contribution in [2.45, 2.75) is 38.8 Å². The highest BCUT2D eigenvalue weighted by molar-refractivity contribution is 5.87. The quantitative estimate of drug-likeness (QED) is 0.607. The van der Waals surface area contributed by atoms with Gasteiger partial charge in [-0.3, -0.25) is 9.59 Å². The average Bonchev–Trinajstić information content (AvgIpc) is 2.74. The lowest BCUT2D eigenvalue weighted by Gasteiger charge is -2.31. The zero-order valence-electron chi connectivity index (χ0n) is 16.8. The van der Waals surface area contributed by atoms with Gasteiger partial charge in [-0.2, -0.15) is 0 Å². The molecule has 0 radical (unpaired) electrons. The lowest BCUT2D eigenvalue weighted by Crippen LogP contribution is -2.50. The molecule has 2 rings (SSSR count). The fraction of sp³-hybridized carbons (Fsp3) is 0.391. The number of rotatable bonds is 11. The van der Waals surface area contributed by atoms with Crippen LogP contribution in [0.5, 0.6) is 0 Å². The van der Waals surface area contributed by atoms with Gasteiger partial charge in [-0.25, -0.2) is 0 Å². The molecule has 5 heteroatoms. The van der Waals surface area contributed by atoms with Gasteiger partial charge >= 0.3 is 0 Å². The summed E-state index contributed by atoms with van der Waals surface area (Å²) in [6.07, 6.45) is 1.57. The topological polar surface area (TPSA) is 58.6 Å². The van der Waals surface area contributed by atoms with Crippen molar-refractivity contribution >= 4 is 11.8 Å². The third-order valence-electron chi connectivity index (χ3n) is 4.59. The Bertz CT molecular complexity index is 719. The van der Waals surface area contributed by atoms with Crippen molar-refractivity contribution in [3.05, 3.63) is 71.8 Å². The molecule has 1 unspecified atom stereocenters. The van der Waals surface area contributed by atoms with Gasteiger partial charge in [-0.1, -0.05) is 67.6 Å². The lowest BCUT2D eigenvalue weighted by molar-refractivity contribution is -0.141. The summed E-state index contributed by atoms with van der Waals surface area (Å²) in [5.74, 6) is -0.158. The molecule has 0 saturated heterocycles. The number of carbonyl (C=O) groups excluding carboxylic acids is 2. The van der Waals surface area contributed by atoms with Gasteiger partial charge < -0.3 is 15.0 Å². The molecule has 0 spiro atoms. The molecule has 1 N–H and O–H groups in total. The molecule has 0 saturated carbocycles. The van der Waals surface area contributed by atoms with Gasteiger partial charge in [0.15, 0.2) is 0 Å². The molecule has 0 heterocycles. The van der Waals surface area contributed by atoms with Crippen molar-refractivity contribution in [3.63, 3.8) is 0 Å². The SMILES string of the molecule is CCC(=O)N(Cc1ccccc1)C(Cc1ccccc1)C(=O)NCCCOC. The first-order chi connectivity index (χ1) is 13.7. The van der Waals surface area contributed by atoms with Crippen molar-refractivity contribution in [1.82, 2.24) is 10.2 Å². The van der Waals surface area contributed by atoms with Crippen LogP contribution in [0.15, 0.2) is 60.7 Å². The molecule has 0 aliphatic rings. The van der Waals surface area contributed by atoms with E-state index in [9.17, 15) is 9.59 Å². The van der Waals surface area contributed by atoms with E-state index in [1.807, 2.05) is 67.6 Å². The van der Waals surface area contributed by atoms with Crippen molar-refractivity contribution in [3.8, 4) is 0 Å². The van der Waals surface area contributed by atoms with E-state index in [1.54, 1.807) is 12.0 Å².